The minimum Gasteiger partial charge on any atom is -0.445 e. The van der Waals surface area contributed by atoms with Crippen molar-refractivity contribution in [2.24, 2.45) is 0 Å². The summed E-state index contributed by atoms with van der Waals surface area (Å²) in [7, 11) is 0. The van der Waals surface area contributed by atoms with E-state index in [2.05, 4.69) is 5.32 Å². The Morgan fingerprint density at radius 3 is 2.31 bits per heavy atom. The molecule has 13 heteroatoms. The zero-order chi connectivity index (χ0) is 24.1. The fourth-order valence-corrected chi connectivity index (χ4v) is 5.94. The van der Waals surface area contributed by atoms with Crippen molar-refractivity contribution in [2.45, 2.75) is 50.2 Å². The Hall–Kier alpha value is -0.930. The monoisotopic (exact) mass is 537 g/mol. The average Bonchev–Trinajstić information content (AvgIpc) is 2.87. The van der Waals surface area contributed by atoms with Crippen LogP contribution in [0.3, 0.4) is 0 Å². The fourth-order valence-electron chi connectivity index (χ4n) is 3.84. The van der Waals surface area contributed by atoms with Gasteiger partial charge in [-0.05, 0) is 49.3 Å². The SMILES string of the molecule is Cc1cc(Cl)cc(Cl)c1C1=C(OP(C)(=S)OCC(F)(F)F)C2(CCC(F)(F)CC2)NC1=O. The van der Waals surface area contributed by atoms with E-state index in [0.29, 0.717) is 10.6 Å². The molecule has 1 unspecified atom stereocenters. The highest BCUT2D eigenvalue weighted by Gasteiger charge is 2.54. The number of alkyl halides is 5. The number of carbonyl (C=O) groups excluding carboxylic acids is 1. The van der Waals surface area contributed by atoms with Crippen LogP contribution in [-0.2, 0) is 25.6 Å². The Morgan fingerprint density at radius 1 is 1.19 bits per heavy atom. The van der Waals surface area contributed by atoms with Crippen LogP contribution in [0.5, 0.6) is 0 Å². The van der Waals surface area contributed by atoms with Gasteiger partial charge < -0.3 is 14.4 Å². The quantitative estimate of drug-likeness (QED) is 0.338. The zero-order valence-electron chi connectivity index (χ0n) is 16.9. The number of halogens is 7. The van der Waals surface area contributed by atoms with Crippen LogP contribution in [0.4, 0.5) is 22.0 Å². The van der Waals surface area contributed by atoms with E-state index >= 15 is 0 Å². The molecule has 1 aliphatic heterocycles. The third kappa shape index (κ3) is 5.58. The molecular formula is C19H19Cl2F5NO3PS. The summed E-state index contributed by atoms with van der Waals surface area (Å²) in [5.74, 6) is -3.70. The summed E-state index contributed by atoms with van der Waals surface area (Å²) in [6.07, 6.45) is -6.12. The lowest BCUT2D eigenvalue weighted by Crippen LogP contribution is -2.49. The van der Waals surface area contributed by atoms with Gasteiger partial charge in [0.05, 0.1) is 16.1 Å². The Balaban J connectivity index is 2.13. The maximum atomic E-state index is 13.9. The second-order valence-electron chi connectivity index (χ2n) is 7.93. The first-order valence-electron chi connectivity index (χ1n) is 9.44. The van der Waals surface area contributed by atoms with E-state index in [0.717, 1.165) is 0 Å². The highest BCUT2D eigenvalue weighted by molar-refractivity contribution is 8.09. The lowest BCUT2D eigenvalue weighted by Gasteiger charge is -2.39. The smallest absolute Gasteiger partial charge is 0.412 e. The minimum atomic E-state index is -4.65. The maximum absolute atomic E-state index is 13.9. The van der Waals surface area contributed by atoms with Gasteiger partial charge in [-0.25, -0.2) is 8.78 Å². The van der Waals surface area contributed by atoms with Gasteiger partial charge in [0.15, 0.2) is 6.61 Å². The van der Waals surface area contributed by atoms with E-state index in [1.165, 1.54) is 12.7 Å². The summed E-state index contributed by atoms with van der Waals surface area (Å²) in [5, 5.41) is 3.10. The van der Waals surface area contributed by atoms with Gasteiger partial charge in [0.1, 0.15) is 5.76 Å². The number of amides is 1. The summed E-state index contributed by atoms with van der Waals surface area (Å²) in [6, 6.07) is 2.94. The number of carbonyl (C=O) groups is 1. The van der Waals surface area contributed by atoms with Gasteiger partial charge >= 0.3 is 6.18 Å². The third-order valence-corrected chi connectivity index (χ3v) is 7.47. The van der Waals surface area contributed by atoms with Crippen LogP contribution < -0.4 is 5.32 Å². The summed E-state index contributed by atoms with van der Waals surface area (Å²) in [6.45, 7) is -2.41. The van der Waals surface area contributed by atoms with Crippen molar-refractivity contribution in [1.29, 1.82) is 0 Å². The molecule has 1 atom stereocenters. The predicted octanol–water partition coefficient (Wildman–Crippen LogP) is 6.63. The normalized spacial score (nSPS) is 22.1. The Morgan fingerprint density at radius 2 is 1.78 bits per heavy atom. The van der Waals surface area contributed by atoms with Crippen LogP contribution in [0, 0.1) is 6.92 Å². The van der Waals surface area contributed by atoms with Crippen LogP contribution in [0.25, 0.3) is 5.57 Å². The molecule has 4 nitrogen and oxygen atoms in total. The molecule has 2 aliphatic rings. The first-order chi connectivity index (χ1) is 14.5. The lowest BCUT2D eigenvalue weighted by atomic mass is 9.78. The van der Waals surface area contributed by atoms with E-state index in [1.807, 2.05) is 0 Å². The van der Waals surface area contributed by atoms with Gasteiger partial charge in [0.2, 0.25) is 12.4 Å². The molecule has 1 heterocycles. The molecule has 0 saturated heterocycles. The third-order valence-electron chi connectivity index (χ3n) is 5.30. The van der Waals surface area contributed by atoms with E-state index < -0.39 is 49.5 Å². The van der Waals surface area contributed by atoms with Crippen LogP contribution in [0.2, 0.25) is 10.0 Å². The van der Waals surface area contributed by atoms with Crippen molar-refractivity contribution in [3.63, 3.8) is 0 Å². The fraction of sp³-hybridized carbons (Fsp3) is 0.526. The molecule has 1 aromatic carbocycles. The van der Waals surface area contributed by atoms with Gasteiger partial charge in [0, 0.05) is 30.1 Å². The molecule has 0 aromatic heterocycles. The summed E-state index contributed by atoms with van der Waals surface area (Å²) < 4.78 is 76.4. The van der Waals surface area contributed by atoms with Crippen molar-refractivity contribution in [3.05, 3.63) is 39.1 Å². The van der Waals surface area contributed by atoms with Crippen LogP contribution >= 0.6 is 29.7 Å². The average molecular weight is 538 g/mol. The first kappa shape index (κ1) is 25.7. The standard InChI is InChI=1S/C19H19Cl2F5NO3PS/c1-10-7-11(20)8-12(21)13(10)14-15(30-31(2,32)29-9-19(24,25)26)17(27-16(14)28)3-5-18(22,23)6-4-17/h7-8H,3-6,9H2,1-2H3,(H,27,28). The van der Waals surface area contributed by atoms with Gasteiger partial charge in [-0.2, -0.15) is 13.2 Å². The summed E-state index contributed by atoms with van der Waals surface area (Å²) in [4.78, 5) is 13.0. The van der Waals surface area contributed by atoms with Crippen molar-refractivity contribution < 1.29 is 35.8 Å². The molecule has 1 fully saturated rings. The van der Waals surface area contributed by atoms with Crippen LogP contribution in [0.15, 0.2) is 17.9 Å². The topological polar surface area (TPSA) is 47.6 Å². The molecule has 0 bridgehead atoms. The van der Waals surface area contributed by atoms with E-state index in [4.69, 9.17) is 44.1 Å². The van der Waals surface area contributed by atoms with Crippen LogP contribution in [0.1, 0.15) is 36.8 Å². The molecule has 1 aromatic rings. The summed E-state index contributed by atoms with van der Waals surface area (Å²) >= 11 is 17.5. The molecule has 1 saturated carbocycles. The van der Waals surface area contributed by atoms with Crippen molar-refractivity contribution in [1.82, 2.24) is 5.32 Å². The Labute approximate surface area is 196 Å². The van der Waals surface area contributed by atoms with E-state index in [9.17, 15) is 26.7 Å². The van der Waals surface area contributed by atoms with Gasteiger partial charge in [-0.3, -0.25) is 4.79 Å². The molecule has 3 rings (SSSR count). The number of aryl methyl sites for hydroxylation is 1. The van der Waals surface area contributed by atoms with E-state index in [-0.39, 0.29) is 34.8 Å². The number of hydrogen-bond acceptors (Lipinski definition) is 4. The second-order valence-corrected chi connectivity index (χ2v) is 12.7. The molecule has 1 aliphatic carbocycles. The maximum Gasteiger partial charge on any atom is 0.412 e. The molecule has 1 spiro atoms. The van der Waals surface area contributed by atoms with Crippen molar-refractivity contribution >= 4 is 53.0 Å². The Bertz CT molecular complexity index is 998. The summed E-state index contributed by atoms with van der Waals surface area (Å²) in [5.41, 5.74) is -0.692. The van der Waals surface area contributed by atoms with Gasteiger partial charge in [-0.15, -0.1) is 0 Å². The number of benzene rings is 1. The lowest BCUT2D eigenvalue weighted by molar-refractivity contribution is -0.153. The molecule has 1 N–H and O–H groups in total. The second kappa shape index (κ2) is 8.69. The highest BCUT2D eigenvalue weighted by atomic mass is 35.5. The number of nitrogens with one attached hydrogen (secondary N) is 1. The van der Waals surface area contributed by atoms with Crippen molar-refractivity contribution in [3.8, 4) is 0 Å². The van der Waals surface area contributed by atoms with Crippen LogP contribution in [-0.4, -0.2) is 36.8 Å². The van der Waals surface area contributed by atoms with Gasteiger partial charge in [-0.1, -0.05) is 23.2 Å². The molecule has 32 heavy (non-hydrogen) atoms. The zero-order valence-corrected chi connectivity index (χ0v) is 20.1. The molecular weight excluding hydrogens is 519 g/mol. The molecule has 1 amide bonds. The number of hydrogen-bond donors (Lipinski definition) is 1. The van der Waals surface area contributed by atoms with E-state index in [1.54, 1.807) is 13.0 Å². The number of rotatable bonds is 5. The highest BCUT2D eigenvalue weighted by Crippen LogP contribution is 2.56. The first-order valence-corrected chi connectivity index (χ1v) is 13.3. The Kier molecular flexibility index (Phi) is 6.98. The molecule has 0 radical (unpaired) electrons. The largest absolute Gasteiger partial charge is 0.445 e. The predicted molar refractivity (Wildman–Crippen MR) is 116 cm³/mol. The minimum absolute atomic E-state index is 0.0685. The van der Waals surface area contributed by atoms with Crippen molar-refractivity contribution in [2.75, 3.05) is 13.3 Å². The molecule has 178 valence electrons. The van der Waals surface area contributed by atoms with Gasteiger partial charge in [0.25, 0.3) is 5.91 Å².